The third kappa shape index (κ3) is 11.3. The van der Waals surface area contributed by atoms with Gasteiger partial charge in [-0.3, -0.25) is 9.13 Å². The van der Waals surface area contributed by atoms with Crippen molar-refractivity contribution in [2.24, 2.45) is 0 Å². The molecule has 0 saturated heterocycles. The number of ether oxygens (including phenoxy) is 6. The molecule has 310 valence electrons. The molecule has 0 fully saturated rings. The van der Waals surface area contributed by atoms with Crippen LogP contribution in [0, 0.1) is 13.8 Å². The lowest BCUT2D eigenvalue weighted by molar-refractivity contribution is 0.0523. The Morgan fingerprint density at radius 2 is 1.19 bits per heavy atom. The number of fused-ring (bicyclic) bond motifs is 2. The lowest BCUT2D eigenvalue weighted by Gasteiger charge is -2.16. The van der Waals surface area contributed by atoms with Crippen LogP contribution >= 0.6 is 15.0 Å². The number of aromatic hydroxyl groups is 2. The predicted molar refractivity (Wildman–Crippen MR) is 211 cm³/mol. The van der Waals surface area contributed by atoms with Gasteiger partial charge in [0.25, 0.3) is 7.37 Å². The van der Waals surface area contributed by atoms with Crippen LogP contribution in [0.5, 0.6) is 28.7 Å². The average molecular weight is 833 g/mol. The van der Waals surface area contributed by atoms with E-state index in [1.807, 2.05) is 45.0 Å². The van der Waals surface area contributed by atoms with Crippen LogP contribution in [0.25, 0.3) is 0 Å². The Hall–Kier alpha value is -4.62. The van der Waals surface area contributed by atoms with E-state index in [9.17, 15) is 33.8 Å². The van der Waals surface area contributed by atoms with Crippen molar-refractivity contribution in [1.82, 2.24) is 0 Å². The summed E-state index contributed by atoms with van der Waals surface area (Å²) in [5, 5.41) is 21.2. The smallest absolute Gasteiger partial charge is 0.353 e. The maximum Gasteiger partial charge on any atom is 0.353 e. The van der Waals surface area contributed by atoms with Gasteiger partial charge in [-0.25, -0.2) is 9.59 Å². The third-order valence-corrected chi connectivity index (χ3v) is 11.5. The third-order valence-electron chi connectivity index (χ3n) is 9.17. The van der Waals surface area contributed by atoms with Crippen LogP contribution in [0.3, 0.4) is 0 Å². The standard InChI is InChI=1S/C23H27O7P.C17H23O8P/c1-15(12-28-14-31(4,26)30-17-8-6-5-7-9-17)10-11-18-21(24)20-19(13-29-23(20)25)16(2)22(18)27-3;1-10(7-24-9-26(20,21)23-4)5-6-12-15(18)14-13(8-25-17(14)19)11(2)16(12)22-3/h5-10,24H,11-14H2,1-4H3;5,18H,6-9H2,1-4H3,(H,20,21)/b15-10+;10-5+. The number of hydrogen-bond donors (Lipinski definition) is 3. The topological polar surface area (TPSA) is 203 Å². The zero-order valence-corrected chi connectivity index (χ0v) is 35.1. The molecule has 17 heteroatoms. The molecule has 57 heavy (non-hydrogen) atoms. The molecule has 2 atom stereocenters. The van der Waals surface area contributed by atoms with E-state index in [1.54, 1.807) is 25.1 Å². The van der Waals surface area contributed by atoms with Crippen molar-refractivity contribution >= 4 is 26.9 Å². The Labute approximate surface area is 332 Å². The Bertz CT molecular complexity index is 2130. The molecule has 0 spiro atoms. The summed E-state index contributed by atoms with van der Waals surface area (Å²) in [6.45, 7) is 9.48. The minimum atomic E-state index is -3.71. The van der Waals surface area contributed by atoms with Gasteiger partial charge in [0.2, 0.25) is 0 Å². The van der Waals surface area contributed by atoms with E-state index in [0.29, 0.717) is 52.3 Å². The minimum Gasteiger partial charge on any atom is -0.507 e. The second-order valence-electron chi connectivity index (χ2n) is 13.5. The summed E-state index contributed by atoms with van der Waals surface area (Å²) in [5.41, 5.74) is 5.87. The number of benzene rings is 3. The van der Waals surface area contributed by atoms with Gasteiger partial charge in [0.15, 0.2) is 0 Å². The summed E-state index contributed by atoms with van der Waals surface area (Å²) in [6, 6.07) is 8.97. The number of phenolic OH excluding ortho intramolecular Hbond substituents is 2. The maximum atomic E-state index is 12.6. The Morgan fingerprint density at radius 3 is 1.61 bits per heavy atom. The van der Waals surface area contributed by atoms with E-state index in [0.717, 1.165) is 29.4 Å². The van der Waals surface area contributed by atoms with Gasteiger partial charge in [-0.15, -0.1) is 0 Å². The summed E-state index contributed by atoms with van der Waals surface area (Å²) < 4.78 is 65.7. The van der Waals surface area contributed by atoms with Crippen LogP contribution in [0.4, 0.5) is 0 Å². The van der Waals surface area contributed by atoms with Crippen molar-refractivity contribution in [2.75, 3.05) is 53.9 Å². The molecule has 2 unspecified atom stereocenters. The highest BCUT2D eigenvalue weighted by Crippen LogP contribution is 2.45. The molecule has 15 nitrogen and oxygen atoms in total. The molecule has 0 saturated carbocycles. The monoisotopic (exact) mass is 832 g/mol. The van der Waals surface area contributed by atoms with E-state index in [4.69, 9.17) is 32.9 Å². The van der Waals surface area contributed by atoms with Crippen molar-refractivity contribution in [3.05, 3.63) is 98.1 Å². The molecular formula is C40H50O15P2. The predicted octanol–water partition coefficient (Wildman–Crippen LogP) is 7.50. The summed E-state index contributed by atoms with van der Waals surface area (Å²) >= 11 is 0. The second kappa shape index (κ2) is 19.7. The van der Waals surface area contributed by atoms with Gasteiger partial charge in [-0.05, 0) is 63.8 Å². The molecule has 2 aliphatic heterocycles. The molecule has 0 bridgehead atoms. The maximum absolute atomic E-state index is 12.6. The highest BCUT2D eigenvalue weighted by atomic mass is 31.2. The number of hydrogen-bond acceptors (Lipinski definition) is 14. The molecule has 3 aromatic rings. The number of phenols is 2. The van der Waals surface area contributed by atoms with E-state index in [-0.39, 0.29) is 55.4 Å². The van der Waals surface area contributed by atoms with Crippen LogP contribution in [0.15, 0.2) is 53.6 Å². The number of esters is 2. The lowest BCUT2D eigenvalue weighted by Crippen LogP contribution is -2.04. The molecule has 0 aromatic heterocycles. The minimum absolute atomic E-state index is 0.0224. The lowest BCUT2D eigenvalue weighted by atomic mass is 9.95. The number of para-hydroxylation sites is 1. The Balaban J connectivity index is 0.000000257. The summed E-state index contributed by atoms with van der Waals surface area (Å²) in [4.78, 5) is 33.2. The molecule has 3 aromatic carbocycles. The number of cyclic esters (lactones) is 2. The second-order valence-corrected chi connectivity index (χ2v) is 17.9. The number of allylic oxidation sites excluding steroid dienone is 2. The molecule has 0 radical (unpaired) electrons. The molecule has 3 N–H and O–H groups in total. The van der Waals surface area contributed by atoms with Crippen LogP contribution in [-0.2, 0) is 58.7 Å². The van der Waals surface area contributed by atoms with Gasteiger partial charge in [0.05, 0.1) is 27.4 Å². The largest absolute Gasteiger partial charge is 0.507 e. The van der Waals surface area contributed by atoms with Crippen molar-refractivity contribution in [3.63, 3.8) is 0 Å². The van der Waals surface area contributed by atoms with E-state index < -0.39 is 33.3 Å². The van der Waals surface area contributed by atoms with Gasteiger partial charge in [0.1, 0.15) is 65.8 Å². The molecule has 2 heterocycles. The van der Waals surface area contributed by atoms with Crippen LogP contribution in [0.2, 0.25) is 0 Å². The first-order chi connectivity index (χ1) is 26.9. The Kier molecular flexibility index (Phi) is 15.6. The van der Waals surface area contributed by atoms with E-state index in [2.05, 4.69) is 4.52 Å². The van der Waals surface area contributed by atoms with Gasteiger partial charge in [-0.2, -0.15) is 0 Å². The fourth-order valence-corrected chi connectivity index (χ4v) is 7.68. The summed E-state index contributed by atoms with van der Waals surface area (Å²) in [7, 11) is -2.49. The van der Waals surface area contributed by atoms with Gasteiger partial charge < -0.3 is 52.6 Å². The van der Waals surface area contributed by atoms with Crippen LogP contribution in [0.1, 0.15) is 67.9 Å². The van der Waals surface area contributed by atoms with Crippen LogP contribution < -0.4 is 14.0 Å². The number of carbonyl (C=O) groups excluding carboxylic acids is 2. The molecular weight excluding hydrogens is 782 g/mol. The SMILES string of the molecule is COc1c(C)c2c(c(O)c1C/C=C(\C)COCP(=O)(O)OC)C(=O)OC2.COc1c(C)c2c(c(O)c1C/C=C(\C)COCP(C)(=O)Oc1ccccc1)C(=O)OC2. The first-order valence-electron chi connectivity index (χ1n) is 17.8. The van der Waals surface area contributed by atoms with Crippen LogP contribution in [-0.4, -0.2) is 80.9 Å². The average Bonchev–Trinajstić information content (AvgIpc) is 3.76. The molecule has 0 aliphatic carbocycles. The Morgan fingerprint density at radius 1 is 0.754 bits per heavy atom. The highest BCUT2D eigenvalue weighted by Gasteiger charge is 2.33. The zero-order valence-electron chi connectivity index (χ0n) is 33.3. The fraction of sp³-hybridized carbons (Fsp3) is 0.400. The highest BCUT2D eigenvalue weighted by molar-refractivity contribution is 7.58. The first-order valence-corrected chi connectivity index (χ1v) is 21.8. The van der Waals surface area contributed by atoms with Crippen molar-refractivity contribution in [3.8, 4) is 28.7 Å². The first kappa shape index (κ1) is 45.1. The summed E-state index contributed by atoms with van der Waals surface area (Å²) in [5.74, 6) is 0.246. The van der Waals surface area contributed by atoms with Crippen molar-refractivity contribution in [2.45, 2.75) is 53.8 Å². The number of rotatable bonds is 17. The normalized spacial score (nSPS) is 15.7. The van der Waals surface area contributed by atoms with E-state index in [1.165, 1.54) is 20.9 Å². The molecule has 5 rings (SSSR count). The zero-order chi connectivity index (χ0) is 42.1. The van der Waals surface area contributed by atoms with Gasteiger partial charge in [0, 0.05) is 36.0 Å². The van der Waals surface area contributed by atoms with Crippen molar-refractivity contribution < 1.29 is 71.3 Å². The number of carbonyl (C=O) groups is 2. The fourth-order valence-electron chi connectivity index (χ4n) is 6.20. The summed E-state index contributed by atoms with van der Waals surface area (Å²) in [6.07, 6.45) is 3.88. The quantitative estimate of drug-likeness (QED) is 0.0685. The van der Waals surface area contributed by atoms with E-state index >= 15 is 0 Å². The molecule has 2 aliphatic rings. The molecule has 0 amide bonds. The van der Waals surface area contributed by atoms with Gasteiger partial charge in [-0.1, -0.05) is 41.5 Å². The number of methoxy groups -OCH3 is 2. The van der Waals surface area contributed by atoms with Gasteiger partial charge >= 0.3 is 19.5 Å². The van der Waals surface area contributed by atoms with Crippen molar-refractivity contribution in [1.29, 1.82) is 0 Å².